The van der Waals surface area contributed by atoms with Crippen LogP contribution in [0, 0.1) is 13.8 Å². The van der Waals surface area contributed by atoms with Crippen LogP contribution in [0.1, 0.15) is 84.4 Å². The molecule has 0 spiro atoms. The second-order valence-corrected chi connectivity index (χ2v) is 13.1. The molecule has 0 amide bonds. The largest absolute Gasteiger partial charge is 0.507 e. The van der Waals surface area contributed by atoms with Crippen LogP contribution in [0.25, 0.3) is 32.7 Å². The van der Waals surface area contributed by atoms with Gasteiger partial charge < -0.3 is 39.5 Å². The normalized spacial score (nSPS) is 12.2. The zero-order valence-corrected chi connectivity index (χ0v) is 28.7. The molecule has 10 heteroatoms. The average molecular weight is 677 g/mol. The molecular formula is C40H40N2O8. The summed E-state index contributed by atoms with van der Waals surface area (Å²) in [6.07, 6.45) is 5.84. The fourth-order valence-electron chi connectivity index (χ4n) is 6.88. The summed E-state index contributed by atoms with van der Waals surface area (Å²) in [5.74, 6) is -1.26. The highest BCUT2D eigenvalue weighted by molar-refractivity contribution is 6.15. The molecule has 2 heterocycles. The molecule has 0 aliphatic rings. The Bertz CT molecular complexity index is 2130. The molecule has 6 N–H and O–H groups in total. The summed E-state index contributed by atoms with van der Waals surface area (Å²) in [6, 6.07) is 10.6. The third-order valence-electron chi connectivity index (χ3n) is 9.08. The van der Waals surface area contributed by atoms with Crippen LogP contribution in [0.4, 0.5) is 0 Å². The van der Waals surface area contributed by atoms with E-state index in [1.165, 1.54) is 25.0 Å². The van der Waals surface area contributed by atoms with Crippen molar-refractivity contribution in [3.8, 4) is 45.6 Å². The minimum atomic E-state index is -0.439. The zero-order valence-electron chi connectivity index (χ0n) is 28.7. The molecule has 6 aromatic rings. The van der Waals surface area contributed by atoms with Crippen molar-refractivity contribution < 1.29 is 39.5 Å². The first kappa shape index (κ1) is 34.0. The van der Waals surface area contributed by atoms with Gasteiger partial charge >= 0.3 is 0 Å². The first-order valence-corrected chi connectivity index (χ1v) is 16.4. The lowest BCUT2D eigenvalue weighted by Crippen LogP contribution is -2.01. The first-order valence-electron chi connectivity index (χ1n) is 16.4. The minimum absolute atomic E-state index is 0.0977. The smallest absolute Gasteiger partial charge is 0.167 e. The van der Waals surface area contributed by atoms with Gasteiger partial charge in [0, 0.05) is 56.6 Å². The summed E-state index contributed by atoms with van der Waals surface area (Å²) in [5, 5.41) is 71.0. The summed E-state index contributed by atoms with van der Waals surface area (Å²) in [5.41, 5.74) is 2.82. The van der Waals surface area contributed by atoms with Gasteiger partial charge in [0.25, 0.3) is 0 Å². The predicted molar refractivity (Wildman–Crippen MR) is 195 cm³/mol. The Kier molecular flexibility index (Phi) is 8.96. The Balaban J connectivity index is 1.67. The summed E-state index contributed by atoms with van der Waals surface area (Å²) in [6.45, 7) is 11.4. The second kappa shape index (κ2) is 13.2. The maximum absolute atomic E-state index is 12.2. The van der Waals surface area contributed by atoms with E-state index in [2.05, 4.69) is 9.98 Å². The van der Waals surface area contributed by atoms with Crippen molar-refractivity contribution in [3.63, 3.8) is 0 Å². The SMILES string of the molecule is Cc1cc2c(C(C)C)c(O)c(O)c(C=NCc3ccco3)c2c(O)c1-c1c(C)cc2c(C(C)C)c(O)c(O)c(C=NCc3ccco3)c2c1O. The first-order chi connectivity index (χ1) is 23.8. The van der Waals surface area contributed by atoms with Crippen molar-refractivity contribution in [1.82, 2.24) is 0 Å². The molecule has 10 nitrogen and oxygen atoms in total. The Hall–Kier alpha value is -5.90. The Labute approximate surface area is 288 Å². The van der Waals surface area contributed by atoms with E-state index in [0.29, 0.717) is 44.5 Å². The van der Waals surface area contributed by atoms with Gasteiger partial charge in [-0.3, -0.25) is 9.98 Å². The van der Waals surface area contributed by atoms with E-state index >= 15 is 0 Å². The lowest BCUT2D eigenvalue weighted by atomic mass is 9.83. The molecule has 50 heavy (non-hydrogen) atoms. The number of aromatic hydroxyl groups is 6. The van der Waals surface area contributed by atoms with Crippen LogP contribution in [-0.2, 0) is 13.1 Å². The Morgan fingerprint density at radius 1 is 0.580 bits per heavy atom. The quantitative estimate of drug-likeness (QED) is 0.0650. The predicted octanol–water partition coefficient (Wildman–Crippen LogP) is 9.18. The van der Waals surface area contributed by atoms with Crippen molar-refractivity contribution in [1.29, 1.82) is 0 Å². The molecule has 0 saturated heterocycles. The van der Waals surface area contributed by atoms with Crippen molar-refractivity contribution in [3.05, 3.63) is 93.8 Å². The number of aryl methyl sites for hydroxylation is 2. The molecule has 0 aliphatic carbocycles. The van der Waals surface area contributed by atoms with E-state index in [4.69, 9.17) is 8.83 Å². The van der Waals surface area contributed by atoms with E-state index < -0.39 is 11.5 Å². The third-order valence-corrected chi connectivity index (χ3v) is 9.08. The number of rotatable bonds is 9. The fourth-order valence-corrected chi connectivity index (χ4v) is 6.88. The van der Waals surface area contributed by atoms with Gasteiger partial charge in [-0.15, -0.1) is 0 Å². The van der Waals surface area contributed by atoms with Crippen LogP contribution in [-0.4, -0.2) is 43.1 Å². The molecule has 2 aromatic heterocycles. The highest BCUT2D eigenvalue weighted by Crippen LogP contribution is 2.54. The topological polar surface area (TPSA) is 172 Å². The summed E-state index contributed by atoms with van der Waals surface area (Å²) < 4.78 is 10.8. The van der Waals surface area contributed by atoms with Crippen molar-refractivity contribution in [2.24, 2.45) is 9.98 Å². The standard InChI is InChI=1S/C40H40N2O8/c1-19(2)29-25-13-21(5)31(37(45)33(25)27(35(43)39(29)47)17-41-15-23-9-7-11-49-23)32-22(6)14-26-30(20(3)4)40(48)36(44)28(34(26)38(32)46)18-42-16-24-10-8-12-50-24/h7-14,17-20,43-48H,15-16H2,1-6H3. The summed E-state index contributed by atoms with van der Waals surface area (Å²) in [7, 11) is 0. The van der Waals surface area contributed by atoms with Gasteiger partial charge in [0.1, 0.15) is 23.0 Å². The molecule has 0 fully saturated rings. The van der Waals surface area contributed by atoms with E-state index in [-0.39, 0.29) is 80.9 Å². The lowest BCUT2D eigenvalue weighted by Gasteiger charge is -2.23. The number of benzene rings is 4. The van der Waals surface area contributed by atoms with E-state index in [0.717, 1.165) is 0 Å². The van der Waals surface area contributed by atoms with Gasteiger partial charge in [-0.1, -0.05) is 39.8 Å². The van der Waals surface area contributed by atoms with Crippen molar-refractivity contribution >= 4 is 34.0 Å². The maximum atomic E-state index is 12.2. The molecule has 0 unspecified atom stereocenters. The maximum Gasteiger partial charge on any atom is 0.167 e. The number of hydrogen-bond donors (Lipinski definition) is 6. The highest BCUT2D eigenvalue weighted by Gasteiger charge is 2.29. The molecule has 4 aromatic carbocycles. The molecule has 0 aliphatic heterocycles. The Morgan fingerprint density at radius 2 is 0.960 bits per heavy atom. The van der Waals surface area contributed by atoms with E-state index in [1.807, 2.05) is 39.8 Å². The molecule has 0 atom stereocenters. The number of phenols is 6. The number of nitrogens with zero attached hydrogens (tertiary/aromatic N) is 2. The minimum Gasteiger partial charge on any atom is -0.507 e. The van der Waals surface area contributed by atoms with Crippen LogP contribution in [0.5, 0.6) is 34.5 Å². The van der Waals surface area contributed by atoms with Crippen LogP contribution >= 0.6 is 0 Å². The monoisotopic (exact) mass is 676 g/mol. The fraction of sp³-hybridized carbons (Fsp3) is 0.250. The highest BCUT2D eigenvalue weighted by atomic mass is 16.3. The molecule has 0 radical (unpaired) electrons. The van der Waals surface area contributed by atoms with Crippen LogP contribution in [0.3, 0.4) is 0 Å². The van der Waals surface area contributed by atoms with E-state index in [9.17, 15) is 30.6 Å². The third kappa shape index (κ3) is 5.66. The van der Waals surface area contributed by atoms with Gasteiger partial charge in [0.05, 0.1) is 25.6 Å². The van der Waals surface area contributed by atoms with Gasteiger partial charge in [-0.25, -0.2) is 0 Å². The van der Waals surface area contributed by atoms with Gasteiger partial charge in [0.2, 0.25) is 0 Å². The number of phenolic OH excluding ortho intramolecular Hbond substituents is 6. The van der Waals surface area contributed by atoms with Crippen molar-refractivity contribution in [2.45, 2.75) is 66.5 Å². The summed E-state index contributed by atoms with van der Waals surface area (Å²) in [4.78, 5) is 8.86. The molecule has 6 rings (SSSR count). The van der Waals surface area contributed by atoms with Gasteiger partial charge in [0.15, 0.2) is 23.0 Å². The van der Waals surface area contributed by atoms with Crippen LogP contribution in [0.15, 0.2) is 67.7 Å². The summed E-state index contributed by atoms with van der Waals surface area (Å²) >= 11 is 0. The number of furan rings is 2. The second-order valence-electron chi connectivity index (χ2n) is 13.1. The van der Waals surface area contributed by atoms with E-state index in [1.54, 1.807) is 38.1 Å². The number of aliphatic imine (C=N–C) groups is 2. The lowest BCUT2D eigenvalue weighted by molar-refractivity contribution is 0.398. The van der Waals surface area contributed by atoms with Crippen LogP contribution < -0.4 is 0 Å². The Morgan fingerprint density at radius 3 is 1.28 bits per heavy atom. The van der Waals surface area contributed by atoms with Crippen molar-refractivity contribution in [2.75, 3.05) is 0 Å². The molecular weight excluding hydrogens is 636 g/mol. The number of hydrogen-bond acceptors (Lipinski definition) is 10. The average Bonchev–Trinajstić information content (AvgIpc) is 3.77. The van der Waals surface area contributed by atoms with Gasteiger partial charge in [-0.05, 0) is 71.8 Å². The van der Waals surface area contributed by atoms with Gasteiger partial charge in [-0.2, -0.15) is 0 Å². The molecule has 258 valence electrons. The molecule has 0 bridgehead atoms. The van der Waals surface area contributed by atoms with Crippen LogP contribution in [0.2, 0.25) is 0 Å². The number of fused-ring (bicyclic) bond motifs is 2. The molecule has 0 saturated carbocycles. The zero-order chi connectivity index (χ0) is 36.0.